The number of benzene rings is 3. The molecular weight excluding hydrogens is 489 g/mol. The lowest BCUT2D eigenvalue weighted by Crippen LogP contribution is -2.43. The quantitative estimate of drug-likeness (QED) is 0.396. The zero-order valence-corrected chi connectivity index (χ0v) is 19.4. The monoisotopic (exact) mass is 506 g/mol. The van der Waals surface area contributed by atoms with E-state index < -0.39 is 44.5 Å². The van der Waals surface area contributed by atoms with Crippen LogP contribution in [0.2, 0.25) is 0 Å². The molecule has 11 heteroatoms. The van der Waals surface area contributed by atoms with Gasteiger partial charge in [-0.25, -0.2) is 26.6 Å². The van der Waals surface area contributed by atoms with Gasteiger partial charge >= 0.3 is 0 Å². The minimum Gasteiger partial charge on any atom is -0.470 e. The smallest absolute Gasteiger partial charge is 0.274 e. The maximum Gasteiger partial charge on any atom is 0.274 e. The zero-order chi connectivity index (χ0) is 24.7. The summed E-state index contributed by atoms with van der Waals surface area (Å²) in [5.41, 5.74) is -1.21. The number of halogens is 3. The number of aromatic nitrogens is 1. The molecule has 1 amide bonds. The van der Waals surface area contributed by atoms with Gasteiger partial charge in [0.15, 0.2) is 26.5 Å². The lowest BCUT2D eigenvalue weighted by atomic mass is 9.94. The minimum atomic E-state index is -3.50. The van der Waals surface area contributed by atoms with Gasteiger partial charge in [0, 0.05) is 17.9 Å². The topological polar surface area (TPSA) is 85.4 Å². The Bertz CT molecular complexity index is 1500. The number of sulfone groups is 1. The number of carbonyl (C=O) groups excluding carboxylic acids is 1. The normalized spacial score (nSPS) is 13.4. The Hall–Kier alpha value is -3.44. The van der Waals surface area contributed by atoms with Crippen LogP contribution in [0.3, 0.4) is 0 Å². The van der Waals surface area contributed by atoms with Crippen molar-refractivity contribution in [3.05, 3.63) is 83.7 Å². The lowest BCUT2D eigenvalue weighted by Gasteiger charge is -2.30. The zero-order valence-electron chi connectivity index (χ0n) is 17.8. The van der Waals surface area contributed by atoms with Crippen LogP contribution in [0.15, 0.2) is 65.6 Å². The van der Waals surface area contributed by atoms with Gasteiger partial charge in [0.1, 0.15) is 11.6 Å². The molecule has 0 aliphatic carbocycles. The Kier molecular flexibility index (Phi) is 6.09. The van der Waals surface area contributed by atoms with Crippen LogP contribution in [-0.4, -0.2) is 25.6 Å². The first-order valence-electron chi connectivity index (χ1n) is 9.78. The van der Waals surface area contributed by atoms with Crippen molar-refractivity contribution in [1.82, 2.24) is 4.98 Å². The summed E-state index contributed by atoms with van der Waals surface area (Å²) >= 11 is 1.03. The SMILES string of the molecule is CC(Oc1ccc(F)cc1F)(C(=O)Nc1nc2ccc(F)cc2s1)c1ccc(S(C)(=O)=O)cc1. The summed E-state index contributed by atoms with van der Waals surface area (Å²) in [5, 5.41) is 2.74. The Balaban J connectivity index is 1.74. The number of nitrogens with one attached hydrogen (secondary N) is 1. The van der Waals surface area contributed by atoms with Gasteiger partial charge in [-0.1, -0.05) is 23.5 Å². The first kappa shape index (κ1) is 23.7. The molecule has 0 saturated heterocycles. The summed E-state index contributed by atoms with van der Waals surface area (Å²) in [6.07, 6.45) is 1.04. The molecule has 0 aliphatic heterocycles. The van der Waals surface area contributed by atoms with Crippen LogP contribution in [0.1, 0.15) is 12.5 Å². The van der Waals surface area contributed by atoms with E-state index in [0.29, 0.717) is 16.3 Å². The Labute approximate surface area is 196 Å². The predicted molar refractivity (Wildman–Crippen MR) is 122 cm³/mol. The molecule has 0 saturated carbocycles. The minimum absolute atomic E-state index is 0.0140. The number of hydrogen-bond donors (Lipinski definition) is 1. The number of amides is 1. The molecule has 4 aromatic rings. The van der Waals surface area contributed by atoms with Crippen LogP contribution in [-0.2, 0) is 20.2 Å². The fourth-order valence-electron chi connectivity index (χ4n) is 3.20. The third-order valence-corrected chi connectivity index (χ3v) is 7.11. The fraction of sp³-hybridized carbons (Fsp3) is 0.130. The third-order valence-electron chi connectivity index (χ3n) is 5.05. The van der Waals surface area contributed by atoms with E-state index in [4.69, 9.17) is 4.74 Å². The highest BCUT2D eigenvalue weighted by molar-refractivity contribution is 7.90. The van der Waals surface area contributed by atoms with Gasteiger partial charge in [0.05, 0.1) is 15.1 Å². The first-order chi connectivity index (χ1) is 16.0. The molecule has 0 spiro atoms. The van der Waals surface area contributed by atoms with Gasteiger partial charge in [0.25, 0.3) is 5.91 Å². The van der Waals surface area contributed by atoms with Crippen molar-refractivity contribution in [3.8, 4) is 5.75 Å². The number of rotatable bonds is 6. The molecule has 3 aromatic carbocycles. The molecule has 1 aromatic heterocycles. The molecule has 0 bridgehead atoms. The fourth-order valence-corrected chi connectivity index (χ4v) is 4.72. The predicted octanol–water partition coefficient (Wildman–Crippen LogP) is 5.05. The highest BCUT2D eigenvalue weighted by Gasteiger charge is 2.39. The maximum absolute atomic E-state index is 14.4. The largest absolute Gasteiger partial charge is 0.470 e. The van der Waals surface area contributed by atoms with E-state index in [2.05, 4.69) is 10.3 Å². The molecule has 1 unspecified atom stereocenters. The van der Waals surface area contributed by atoms with Crippen LogP contribution >= 0.6 is 11.3 Å². The maximum atomic E-state index is 14.4. The molecule has 1 atom stereocenters. The second kappa shape index (κ2) is 8.73. The standard InChI is InChI=1S/C23H17F3N2O4S2/c1-23(32-19-10-6-14(24)11-17(19)26,13-3-7-16(8-4-13)34(2,30)31)21(29)28-22-27-18-9-5-15(25)12-20(18)33-22/h3-12H,1-2H3,(H,27,28,29). The molecule has 1 heterocycles. The van der Waals surface area contributed by atoms with Crippen LogP contribution < -0.4 is 10.1 Å². The molecule has 0 radical (unpaired) electrons. The number of carbonyl (C=O) groups is 1. The molecule has 1 N–H and O–H groups in total. The van der Waals surface area contributed by atoms with E-state index >= 15 is 0 Å². The van der Waals surface area contributed by atoms with E-state index in [1.165, 1.54) is 49.4 Å². The van der Waals surface area contributed by atoms with Crippen LogP contribution in [0.5, 0.6) is 5.75 Å². The Morgan fingerprint density at radius 2 is 1.65 bits per heavy atom. The van der Waals surface area contributed by atoms with Crippen molar-refractivity contribution in [3.63, 3.8) is 0 Å². The van der Waals surface area contributed by atoms with Crippen molar-refractivity contribution in [2.24, 2.45) is 0 Å². The van der Waals surface area contributed by atoms with Crippen LogP contribution in [0.4, 0.5) is 18.3 Å². The van der Waals surface area contributed by atoms with Crippen molar-refractivity contribution in [2.45, 2.75) is 17.4 Å². The van der Waals surface area contributed by atoms with Crippen LogP contribution in [0.25, 0.3) is 10.2 Å². The van der Waals surface area contributed by atoms with Crippen molar-refractivity contribution >= 4 is 42.4 Å². The van der Waals surface area contributed by atoms with Gasteiger partial charge in [-0.3, -0.25) is 10.1 Å². The molecular formula is C23H17F3N2O4S2. The van der Waals surface area contributed by atoms with E-state index in [-0.39, 0.29) is 15.6 Å². The Morgan fingerprint density at radius 1 is 1.00 bits per heavy atom. The molecule has 0 aliphatic rings. The highest BCUT2D eigenvalue weighted by Crippen LogP contribution is 2.34. The van der Waals surface area contributed by atoms with E-state index in [0.717, 1.165) is 29.7 Å². The lowest BCUT2D eigenvalue weighted by molar-refractivity contribution is -0.130. The summed E-state index contributed by atoms with van der Waals surface area (Å²) in [6.45, 7) is 1.35. The number of nitrogens with zero attached hydrogens (tertiary/aromatic N) is 1. The van der Waals surface area contributed by atoms with Gasteiger partial charge in [-0.05, 0) is 49.4 Å². The second-order valence-electron chi connectivity index (χ2n) is 7.59. The summed E-state index contributed by atoms with van der Waals surface area (Å²) in [6, 6.07) is 11.9. The number of anilines is 1. The number of hydrogen-bond acceptors (Lipinski definition) is 6. The summed E-state index contributed by atoms with van der Waals surface area (Å²) in [5.74, 6) is -3.46. The molecule has 176 valence electrons. The average molecular weight is 507 g/mol. The van der Waals surface area contributed by atoms with E-state index in [1.807, 2.05) is 0 Å². The second-order valence-corrected chi connectivity index (χ2v) is 10.6. The summed E-state index contributed by atoms with van der Waals surface area (Å²) in [7, 11) is -3.50. The summed E-state index contributed by atoms with van der Waals surface area (Å²) in [4.78, 5) is 17.6. The van der Waals surface area contributed by atoms with Crippen molar-refractivity contribution < 1.29 is 31.1 Å². The first-order valence-corrected chi connectivity index (χ1v) is 12.5. The van der Waals surface area contributed by atoms with Gasteiger partial charge in [0.2, 0.25) is 5.60 Å². The van der Waals surface area contributed by atoms with Gasteiger partial charge in [-0.2, -0.15) is 0 Å². The molecule has 6 nitrogen and oxygen atoms in total. The average Bonchev–Trinajstić information content (AvgIpc) is 3.16. The Morgan fingerprint density at radius 3 is 2.29 bits per heavy atom. The van der Waals surface area contributed by atoms with Crippen molar-refractivity contribution in [1.29, 1.82) is 0 Å². The van der Waals surface area contributed by atoms with Gasteiger partial charge < -0.3 is 4.74 Å². The number of fused-ring (bicyclic) bond motifs is 1. The van der Waals surface area contributed by atoms with Crippen LogP contribution in [0, 0.1) is 17.5 Å². The summed E-state index contributed by atoms with van der Waals surface area (Å²) < 4.78 is 71.1. The number of thiazole rings is 1. The number of ether oxygens (including phenoxy) is 1. The molecule has 34 heavy (non-hydrogen) atoms. The molecule has 4 rings (SSSR count). The van der Waals surface area contributed by atoms with E-state index in [9.17, 15) is 26.4 Å². The highest BCUT2D eigenvalue weighted by atomic mass is 32.2. The van der Waals surface area contributed by atoms with Crippen molar-refractivity contribution in [2.75, 3.05) is 11.6 Å². The molecule has 0 fully saturated rings. The van der Waals surface area contributed by atoms with E-state index in [1.54, 1.807) is 0 Å². The van der Waals surface area contributed by atoms with Gasteiger partial charge in [-0.15, -0.1) is 0 Å². The third kappa shape index (κ3) is 4.75.